The van der Waals surface area contributed by atoms with E-state index in [-0.39, 0.29) is 25.0 Å². The number of hydrogen-bond donors (Lipinski definition) is 2. The van der Waals surface area contributed by atoms with E-state index in [1.165, 1.54) is 6.92 Å². The van der Waals surface area contributed by atoms with Crippen LogP contribution in [0.4, 0.5) is 0 Å². The van der Waals surface area contributed by atoms with Gasteiger partial charge in [-0.1, -0.05) is 33.8 Å². The minimum Gasteiger partial charge on any atom is -0.459 e. The van der Waals surface area contributed by atoms with E-state index in [2.05, 4.69) is 4.90 Å². The highest BCUT2D eigenvalue weighted by atomic mass is 16.6. The second-order valence-electron chi connectivity index (χ2n) is 8.36. The van der Waals surface area contributed by atoms with Gasteiger partial charge in [-0.25, -0.2) is 4.79 Å². The lowest BCUT2D eigenvalue weighted by atomic mass is 9.85. The summed E-state index contributed by atoms with van der Waals surface area (Å²) < 4.78 is 10.7. The van der Waals surface area contributed by atoms with Crippen molar-refractivity contribution in [3.8, 4) is 0 Å². The second-order valence-corrected chi connectivity index (χ2v) is 8.36. The molecule has 2 rings (SSSR count). The highest BCUT2D eigenvalue weighted by Crippen LogP contribution is 2.31. The number of nitrogens with zero attached hydrogens (tertiary/aromatic N) is 1. The van der Waals surface area contributed by atoms with E-state index in [0.29, 0.717) is 6.42 Å². The third kappa shape index (κ3) is 4.70. The summed E-state index contributed by atoms with van der Waals surface area (Å²) in [5.74, 6) is -1.64. The van der Waals surface area contributed by atoms with Gasteiger partial charge in [0, 0.05) is 19.5 Å². The van der Waals surface area contributed by atoms with Crippen molar-refractivity contribution in [2.75, 3.05) is 19.7 Å². The first kappa shape index (κ1) is 21.9. The zero-order valence-electron chi connectivity index (χ0n) is 17.0. The summed E-state index contributed by atoms with van der Waals surface area (Å²) in [5.41, 5.74) is -1.08. The average molecular weight is 383 g/mol. The SMILES string of the molecule is CC(C)CC(=O)OC(C)C(O)(C(=O)OCC1=CCN2CCC(O)C12)C(C)C. The van der Waals surface area contributed by atoms with Gasteiger partial charge in [0.25, 0.3) is 0 Å². The van der Waals surface area contributed by atoms with Crippen molar-refractivity contribution in [1.82, 2.24) is 4.90 Å². The normalized spacial score (nSPS) is 25.9. The van der Waals surface area contributed by atoms with Crippen LogP contribution < -0.4 is 0 Å². The van der Waals surface area contributed by atoms with Crippen LogP contribution in [-0.4, -0.2) is 70.6 Å². The molecule has 4 unspecified atom stereocenters. The number of fused-ring (bicyclic) bond motifs is 1. The molecular weight excluding hydrogens is 350 g/mol. The van der Waals surface area contributed by atoms with E-state index in [1.54, 1.807) is 13.8 Å². The van der Waals surface area contributed by atoms with E-state index in [4.69, 9.17) is 9.47 Å². The summed E-state index contributed by atoms with van der Waals surface area (Å²) in [4.78, 5) is 26.8. The lowest BCUT2D eigenvalue weighted by Crippen LogP contribution is -2.55. The molecule has 1 saturated heterocycles. The zero-order valence-corrected chi connectivity index (χ0v) is 17.0. The third-order valence-electron chi connectivity index (χ3n) is 5.52. The largest absolute Gasteiger partial charge is 0.459 e. The summed E-state index contributed by atoms with van der Waals surface area (Å²) in [6.45, 7) is 10.2. The monoisotopic (exact) mass is 383 g/mol. The van der Waals surface area contributed by atoms with Gasteiger partial charge in [-0.05, 0) is 30.8 Å². The second kappa shape index (κ2) is 8.71. The number of carbonyl (C=O) groups excluding carboxylic acids is 2. The first-order valence-corrected chi connectivity index (χ1v) is 9.77. The van der Waals surface area contributed by atoms with Gasteiger partial charge in [0.15, 0.2) is 0 Å². The summed E-state index contributed by atoms with van der Waals surface area (Å²) in [6.07, 6.45) is 1.39. The van der Waals surface area contributed by atoms with Gasteiger partial charge in [0.1, 0.15) is 12.7 Å². The van der Waals surface area contributed by atoms with Crippen molar-refractivity contribution >= 4 is 11.9 Å². The lowest BCUT2D eigenvalue weighted by molar-refractivity contribution is -0.193. The Morgan fingerprint density at radius 3 is 2.56 bits per heavy atom. The first-order chi connectivity index (χ1) is 12.6. The minimum atomic E-state index is -1.93. The summed E-state index contributed by atoms with van der Waals surface area (Å²) >= 11 is 0. The van der Waals surface area contributed by atoms with E-state index < -0.39 is 35.7 Å². The smallest absolute Gasteiger partial charge is 0.342 e. The maximum atomic E-state index is 12.7. The quantitative estimate of drug-likeness (QED) is 0.481. The van der Waals surface area contributed by atoms with Crippen molar-refractivity contribution in [3.63, 3.8) is 0 Å². The molecule has 2 heterocycles. The molecule has 0 aliphatic carbocycles. The molecule has 0 aromatic carbocycles. The fraction of sp³-hybridized carbons (Fsp3) is 0.800. The summed E-state index contributed by atoms with van der Waals surface area (Å²) in [5, 5.41) is 21.1. The molecule has 2 aliphatic heterocycles. The summed E-state index contributed by atoms with van der Waals surface area (Å²) in [7, 11) is 0. The Hall–Kier alpha value is -1.44. The van der Waals surface area contributed by atoms with E-state index in [1.807, 2.05) is 19.9 Å². The molecule has 154 valence electrons. The summed E-state index contributed by atoms with van der Waals surface area (Å²) in [6, 6.07) is -0.119. The Labute approximate surface area is 161 Å². The Kier molecular flexibility index (Phi) is 7.05. The molecule has 2 aliphatic rings. The van der Waals surface area contributed by atoms with Crippen molar-refractivity contribution in [3.05, 3.63) is 11.6 Å². The predicted molar refractivity (Wildman–Crippen MR) is 99.8 cm³/mol. The maximum Gasteiger partial charge on any atom is 0.342 e. The Bertz CT molecular complexity index is 587. The molecule has 0 radical (unpaired) electrons. The van der Waals surface area contributed by atoms with Gasteiger partial charge < -0.3 is 19.7 Å². The molecule has 0 aromatic rings. The fourth-order valence-corrected chi connectivity index (χ4v) is 3.83. The van der Waals surface area contributed by atoms with E-state index in [0.717, 1.165) is 18.7 Å². The number of rotatable bonds is 8. The average Bonchev–Trinajstić information content (AvgIpc) is 3.13. The van der Waals surface area contributed by atoms with Crippen LogP contribution in [0.2, 0.25) is 0 Å². The Balaban J connectivity index is 2.00. The lowest BCUT2D eigenvalue weighted by Gasteiger charge is -2.35. The molecule has 0 bridgehead atoms. The van der Waals surface area contributed by atoms with Gasteiger partial charge in [-0.15, -0.1) is 0 Å². The van der Waals surface area contributed by atoms with Crippen LogP contribution in [0.5, 0.6) is 0 Å². The highest BCUT2D eigenvalue weighted by Gasteiger charge is 2.49. The van der Waals surface area contributed by atoms with Crippen LogP contribution in [0.25, 0.3) is 0 Å². The van der Waals surface area contributed by atoms with Crippen molar-refractivity contribution in [2.45, 2.75) is 71.3 Å². The zero-order chi connectivity index (χ0) is 20.4. The molecule has 0 saturated carbocycles. The number of aliphatic hydroxyl groups excluding tert-OH is 1. The first-order valence-electron chi connectivity index (χ1n) is 9.77. The Morgan fingerprint density at radius 2 is 1.96 bits per heavy atom. The van der Waals surface area contributed by atoms with Crippen LogP contribution in [0.3, 0.4) is 0 Å². The molecule has 0 spiro atoms. The van der Waals surface area contributed by atoms with Crippen LogP contribution in [0, 0.1) is 11.8 Å². The van der Waals surface area contributed by atoms with E-state index in [9.17, 15) is 19.8 Å². The molecule has 1 fully saturated rings. The number of esters is 2. The van der Waals surface area contributed by atoms with Crippen molar-refractivity contribution in [1.29, 1.82) is 0 Å². The number of hydrogen-bond acceptors (Lipinski definition) is 7. The third-order valence-corrected chi connectivity index (χ3v) is 5.52. The van der Waals surface area contributed by atoms with Crippen LogP contribution in [-0.2, 0) is 19.1 Å². The molecule has 0 amide bonds. The van der Waals surface area contributed by atoms with Crippen LogP contribution in [0.1, 0.15) is 47.5 Å². The molecular formula is C20H33NO6. The topological polar surface area (TPSA) is 96.3 Å². The maximum absolute atomic E-state index is 12.7. The highest BCUT2D eigenvalue weighted by molar-refractivity contribution is 5.81. The van der Waals surface area contributed by atoms with Crippen molar-refractivity contribution in [2.24, 2.45) is 11.8 Å². The van der Waals surface area contributed by atoms with Gasteiger partial charge >= 0.3 is 11.9 Å². The van der Waals surface area contributed by atoms with Gasteiger partial charge in [0.05, 0.1) is 12.1 Å². The van der Waals surface area contributed by atoms with Gasteiger partial charge in [-0.2, -0.15) is 0 Å². The van der Waals surface area contributed by atoms with Gasteiger partial charge in [-0.3, -0.25) is 9.69 Å². The van der Waals surface area contributed by atoms with E-state index >= 15 is 0 Å². The van der Waals surface area contributed by atoms with Crippen molar-refractivity contribution < 1.29 is 29.3 Å². The fourth-order valence-electron chi connectivity index (χ4n) is 3.83. The number of aliphatic hydroxyl groups is 2. The number of carbonyl (C=O) groups is 2. The molecule has 27 heavy (non-hydrogen) atoms. The molecule has 2 N–H and O–H groups in total. The van der Waals surface area contributed by atoms with Crippen LogP contribution in [0.15, 0.2) is 11.6 Å². The molecule has 4 atom stereocenters. The molecule has 0 aromatic heterocycles. The molecule has 7 nitrogen and oxygen atoms in total. The Morgan fingerprint density at radius 1 is 1.30 bits per heavy atom. The predicted octanol–water partition coefficient (Wildman–Crippen LogP) is 1.27. The van der Waals surface area contributed by atoms with Gasteiger partial charge in [0.2, 0.25) is 5.60 Å². The standard InChI is InChI=1S/C20H33NO6/c1-12(2)10-17(23)27-14(5)20(25,13(3)4)19(24)26-11-15-6-8-21-9-7-16(22)18(15)21/h6,12-14,16,18,22,25H,7-11H2,1-5H3. The molecule has 7 heteroatoms. The minimum absolute atomic E-state index is 0.0126. The van der Waals surface area contributed by atoms with Crippen LogP contribution >= 0.6 is 0 Å². The number of ether oxygens (including phenoxy) is 2.